The number of imide groups is 1. The van der Waals surface area contributed by atoms with E-state index in [0.717, 1.165) is 25.9 Å². The summed E-state index contributed by atoms with van der Waals surface area (Å²) >= 11 is 0. The SMILES string of the molecule is C=CCNC(=O)NC(=O)CN1CCCC(NC)C1. The van der Waals surface area contributed by atoms with E-state index in [1.54, 1.807) is 6.08 Å². The molecule has 3 N–H and O–H groups in total. The van der Waals surface area contributed by atoms with E-state index in [2.05, 4.69) is 27.4 Å². The predicted octanol–water partition coefficient (Wildman–Crippen LogP) is -0.318. The zero-order chi connectivity index (χ0) is 13.4. The van der Waals surface area contributed by atoms with Gasteiger partial charge in [-0.1, -0.05) is 6.08 Å². The number of hydrogen-bond acceptors (Lipinski definition) is 4. The molecule has 0 aliphatic carbocycles. The molecule has 0 bridgehead atoms. The maximum Gasteiger partial charge on any atom is 0.321 e. The lowest BCUT2D eigenvalue weighted by atomic mass is 10.1. The lowest BCUT2D eigenvalue weighted by molar-refractivity contribution is -0.121. The van der Waals surface area contributed by atoms with Crippen molar-refractivity contribution in [2.45, 2.75) is 18.9 Å². The lowest BCUT2D eigenvalue weighted by Gasteiger charge is -2.31. The second-order valence-corrected chi connectivity index (χ2v) is 4.41. The van der Waals surface area contributed by atoms with E-state index in [4.69, 9.17) is 0 Å². The Morgan fingerprint density at radius 1 is 1.50 bits per heavy atom. The molecule has 1 aliphatic heterocycles. The molecule has 1 heterocycles. The zero-order valence-electron chi connectivity index (χ0n) is 10.9. The highest BCUT2D eigenvalue weighted by Gasteiger charge is 2.20. The first kappa shape index (κ1) is 14.7. The number of likely N-dealkylation sites (tertiary alicyclic amines) is 1. The number of likely N-dealkylation sites (N-methyl/N-ethyl adjacent to an activating group) is 1. The van der Waals surface area contributed by atoms with Gasteiger partial charge < -0.3 is 10.6 Å². The molecule has 6 nitrogen and oxygen atoms in total. The average Bonchev–Trinajstić information content (AvgIpc) is 2.36. The fraction of sp³-hybridized carbons (Fsp3) is 0.667. The van der Waals surface area contributed by atoms with Crippen LogP contribution in [0.1, 0.15) is 12.8 Å². The van der Waals surface area contributed by atoms with Gasteiger partial charge in [0.15, 0.2) is 0 Å². The van der Waals surface area contributed by atoms with E-state index in [1.165, 1.54) is 0 Å². The summed E-state index contributed by atoms with van der Waals surface area (Å²) in [6.45, 7) is 5.84. The third-order valence-electron chi connectivity index (χ3n) is 2.94. The van der Waals surface area contributed by atoms with E-state index >= 15 is 0 Å². The second-order valence-electron chi connectivity index (χ2n) is 4.41. The summed E-state index contributed by atoms with van der Waals surface area (Å²) < 4.78 is 0. The van der Waals surface area contributed by atoms with Crippen molar-refractivity contribution in [2.75, 3.05) is 33.2 Å². The molecule has 0 radical (unpaired) electrons. The smallest absolute Gasteiger partial charge is 0.321 e. The molecule has 1 aliphatic rings. The molecule has 0 aromatic carbocycles. The van der Waals surface area contributed by atoms with E-state index in [1.807, 2.05) is 7.05 Å². The first-order chi connectivity index (χ1) is 8.65. The number of carbonyl (C=O) groups is 2. The first-order valence-corrected chi connectivity index (χ1v) is 6.24. The molecule has 0 aromatic rings. The van der Waals surface area contributed by atoms with Crippen molar-refractivity contribution in [1.82, 2.24) is 20.9 Å². The highest BCUT2D eigenvalue weighted by atomic mass is 16.2. The summed E-state index contributed by atoms with van der Waals surface area (Å²) in [7, 11) is 1.93. The van der Waals surface area contributed by atoms with Crippen molar-refractivity contribution in [2.24, 2.45) is 0 Å². The molecule has 102 valence electrons. The van der Waals surface area contributed by atoms with Crippen LogP contribution in [0.25, 0.3) is 0 Å². The van der Waals surface area contributed by atoms with Crippen molar-refractivity contribution in [3.63, 3.8) is 0 Å². The molecule has 1 rings (SSSR count). The highest BCUT2D eigenvalue weighted by molar-refractivity contribution is 5.95. The molecule has 0 saturated carbocycles. The van der Waals surface area contributed by atoms with Gasteiger partial charge >= 0.3 is 6.03 Å². The summed E-state index contributed by atoms with van der Waals surface area (Å²) in [6.07, 6.45) is 3.77. The van der Waals surface area contributed by atoms with Gasteiger partial charge in [0.25, 0.3) is 0 Å². The summed E-state index contributed by atoms with van der Waals surface area (Å²) in [5, 5.41) is 8.01. The molecule has 0 spiro atoms. The molecule has 1 unspecified atom stereocenters. The largest absolute Gasteiger partial charge is 0.334 e. The summed E-state index contributed by atoms with van der Waals surface area (Å²) in [5.74, 6) is -0.270. The minimum Gasteiger partial charge on any atom is -0.334 e. The minimum atomic E-state index is -0.470. The number of nitrogens with one attached hydrogen (secondary N) is 3. The second kappa shape index (κ2) is 7.84. The molecule has 18 heavy (non-hydrogen) atoms. The van der Waals surface area contributed by atoms with Gasteiger partial charge in [0.05, 0.1) is 6.54 Å². The monoisotopic (exact) mass is 254 g/mol. The standard InChI is InChI=1S/C12H22N4O2/c1-3-6-14-12(18)15-11(17)9-16-7-4-5-10(8-16)13-2/h3,10,13H,1,4-9H2,2H3,(H2,14,15,17,18). The van der Waals surface area contributed by atoms with Crippen LogP contribution in [0.2, 0.25) is 0 Å². The summed E-state index contributed by atoms with van der Waals surface area (Å²) in [5.41, 5.74) is 0. The molecule has 1 fully saturated rings. The van der Waals surface area contributed by atoms with Crippen LogP contribution >= 0.6 is 0 Å². The van der Waals surface area contributed by atoms with Crippen LogP contribution < -0.4 is 16.0 Å². The fourth-order valence-electron chi connectivity index (χ4n) is 2.01. The molecule has 1 saturated heterocycles. The van der Waals surface area contributed by atoms with Gasteiger partial charge in [0, 0.05) is 19.1 Å². The van der Waals surface area contributed by atoms with E-state index in [-0.39, 0.29) is 12.5 Å². The van der Waals surface area contributed by atoms with Crippen LogP contribution in [-0.4, -0.2) is 56.1 Å². The third kappa shape index (κ3) is 5.29. The van der Waals surface area contributed by atoms with Gasteiger partial charge in [-0.15, -0.1) is 6.58 Å². The van der Waals surface area contributed by atoms with E-state index in [0.29, 0.717) is 12.6 Å². The number of rotatable bonds is 5. The van der Waals surface area contributed by atoms with Gasteiger partial charge in [-0.2, -0.15) is 0 Å². The highest BCUT2D eigenvalue weighted by Crippen LogP contribution is 2.08. The Labute approximate surface area is 108 Å². The van der Waals surface area contributed by atoms with Gasteiger partial charge in [-0.25, -0.2) is 4.79 Å². The van der Waals surface area contributed by atoms with Crippen molar-refractivity contribution in [1.29, 1.82) is 0 Å². The summed E-state index contributed by atoms with van der Waals surface area (Å²) in [6, 6.07) is -0.0387. The van der Waals surface area contributed by atoms with Gasteiger partial charge in [0.2, 0.25) is 5.91 Å². The maximum absolute atomic E-state index is 11.6. The quantitative estimate of drug-likeness (QED) is 0.588. The van der Waals surface area contributed by atoms with Crippen molar-refractivity contribution in [3.8, 4) is 0 Å². The van der Waals surface area contributed by atoms with E-state index < -0.39 is 6.03 Å². The van der Waals surface area contributed by atoms with Crippen LogP contribution in [0.5, 0.6) is 0 Å². The molecule has 1 atom stereocenters. The number of nitrogens with zero attached hydrogens (tertiary/aromatic N) is 1. The van der Waals surface area contributed by atoms with E-state index in [9.17, 15) is 9.59 Å². The molecule has 3 amide bonds. The number of amides is 3. The number of urea groups is 1. The number of carbonyl (C=O) groups excluding carboxylic acids is 2. The van der Waals surface area contributed by atoms with Crippen molar-refractivity contribution < 1.29 is 9.59 Å². The Bertz CT molecular complexity index is 306. The molecule has 6 heteroatoms. The summed E-state index contributed by atoms with van der Waals surface area (Å²) in [4.78, 5) is 24.9. The Kier molecular flexibility index (Phi) is 6.38. The maximum atomic E-state index is 11.6. The number of piperidine rings is 1. The normalized spacial score (nSPS) is 20.2. The molecular weight excluding hydrogens is 232 g/mol. The Morgan fingerprint density at radius 3 is 2.94 bits per heavy atom. The molecular formula is C12H22N4O2. The minimum absolute atomic E-state index is 0.264. The average molecular weight is 254 g/mol. The Morgan fingerprint density at radius 2 is 2.28 bits per heavy atom. The van der Waals surface area contributed by atoms with Gasteiger partial charge in [-0.3, -0.25) is 15.0 Å². The van der Waals surface area contributed by atoms with Gasteiger partial charge in [-0.05, 0) is 26.4 Å². The topological polar surface area (TPSA) is 73.5 Å². The zero-order valence-corrected chi connectivity index (χ0v) is 10.9. The number of hydrogen-bond donors (Lipinski definition) is 3. The Hall–Kier alpha value is -1.40. The molecule has 0 aromatic heterocycles. The van der Waals surface area contributed by atoms with Crippen LogP contribution in [0.4, 0.5) is 4.79 Å². The van der Waals surface area contributed by atoms with Crippen LogP contribution in [0.3, 0.4) is 0 Å². The van der Waals surface area contributed by atoms with Crippen molar-refractivity contribution >= 4 is 11.9 Å². The van der Waals surface area contributed by atoms with Gasteiger partial charge in [0.1, 0.15) is 0 Å². The first-order valence-electron chi connectivity index (χ1n) is 6.24. The van der Waals surface area contributed by atoms with Crippen LogP contribution in [-0.2, 0) is 4.79 Å². The lowest BCUT2D eigenvalue weighted by Crippen LogP contribution is -2.49. The predicted molar refractivity (Wildman–Crippen MR) is 70.3 cm³/mol. The Balaban J connectivity index is 2.26. The van der Waals surface area contributed by atoms with Crippen LogP contribution in [0.15, 0.2) is 12.7 Å². The van der Waals surface area contributed by atoms with Crippen molar-refractivity contribution in [3.05, 3.63) is 12.7 Å². The van der Waals surface area contributed by atoms with Crippen LogP contribution in [0, 0.1) is 0 Å². The third-order valence-corrected chi connectivity index (χ3v) is 2.94. The fourth-order valence-corrected chi connectivity index (χ4v) is 2.01.